The monoisotopic (exact) mass is 399 g/mol. The van der Waals surface area contributed by atoms with Crippen molar-refractivity contribution in [3.05, 3.63) is 58.0 Å². The summed E-state index contributed by atoms with van der Waals surface area (Å²) in [7, 11) is 0. The number of rotatable bonds is 5. The normalized spacial score (nSPS) is 20.8. The molecule has 1 N–H and O–H groups in total. The lowest BCUT2D eigenvalue weighted by Gasteiger charge is -2.18. The maximum atomic E-state index is 12.6. The topological polar surface area (TPSA) is 97.8 Å². The molecule has 1 atom stereocenters. The van der Waals surface area contributed by atoms with Crippen molar-refractivity contribution in [3.63, 3.8) is 0 Å². The first-order chi connectivity index (χ1) is 13.5. The number of nitrogens with one attached hydrogen (secondary N) is 1. The van der Waals surface area contributed by atoms with Gasteiger partial charge in [0.2, 0.25) is 0 Å². The first kappa shape index (κ1) is 18.3. The summed E-state index contributed by atoms with van der Waals surface area (Å²) in [4.78, 5) is 24.6. The fourth-order valence-electron chi connectivity index (χ4n) is 3.23. The molecule has 0 radical (unpaired) electrons. The number of benzene rings is 1. The highest BCUT2D eigenvalue weighted by Gasteiger charge is 2.33. The predicted octanol–water partition coefficient (Wildman–Crippen LogP) is 3.09. The summed E-state index contributed by atoms with van der Waals surface area (Å²) in [6.07, 6.45) is 3.48. The third kappa shape index (κ3) is 3.67. The van der Waals surface area contributed by atoms with Gasteiger partial charge >= 0.3 is 0 Å². The quantitative estimate of drug-likeness (QED) is 0.357. The van der Waals surface area contributed by atoms with E-state index in [1.165, 1.54) is 17.0 Å². The van der Waals surface area contributed by atoms with Crippen LogP contribution in [0.25, 0.3) is 17.4 Å². The van der Waals surface area contributed by atoms with E-state index in [1.54, 1.807) is 30.3 Å². The maximum absolute atomic E-state index is 12.6. The summed E-state index contributed by atoms with van der Waals surface area (Å²) in [5.41, 5.74) is 0.889. The van der Waals surface area contributed by atoms with Gasteiger partial charge in [-0.2, -0.15) is 0 Å². The minimum atomic E-state index is -0.458. The van der Waals surface area contributed by atoms with Gasteiger partial charge in [0.25, 0.3) is 11.6 Å². The third-order valence-corrected chi connectivity index (χ3v) is 4.95. The van der Waals surface area contributed by atoms with Gasteiger partial charge in [0.15, 0.2) is 5.11 Å². The number of nitro groups is 1. The number of carbonyl (C=O) groups excluding carboxylic acids is 1. The van der Waals surface area contributed by atoms with Crippen molar-refractivity contribution >= 4 is 35.0 Å². The van der Waals surface area contributed by atoms with Crippen molar-refractivity contribution in [1.29, 1.82) is 0 Å². The van der Waals surface area contributed by atoms with E-state index in [0.717, 1.165) is 12.8 Å². The van der Waals surface area contributed by atoms with Crippen LogP contribution in [0.4, 0.5) is 5.69 Å². The van der Waals surface area contributed by atoms with Crippen molar-refractivity contribution in [2.75, 3.05) is 13.2 Å². The Kier molecular flexibility index (Phi) is 4.93. The lowest BCUT2D eigenvalue weighted by atomic mass is 10.1. The van der Waals surface area contributed by atoms with Crippen molar-refractivity contribution in [2.45, 2.75) is 18.9 Å². The number of nitrogens with zero attached hydrogens (tertiary/aromatic N) is 2. The predicted molar refractivity (Wildman–Crippen MR) is 105 cm³/mol. The van der Waals surface area contributed by atoms with Gasteiger partial charge in [-0.25, -0.2) is 0 Å². The number of ether oxygens (including phenoxy) is 1. The van der Waals surface area contributed by atoms with Crippen LogP contribution in [0.5, 0.6) is 0 Å². The lowest BCUT2D eigenvalue weighted by Crippen LogP contribution is -2.37. The van der Waals surface area contributed by atoms with Gasteiger partial charge in [-0.3, -0.25) is 19.8 Å². The van der Waals surface area contributed by atoms with E-state index in [-0.39, 0.29) is 17.7 Å². The van der Waals surface area contributed by atoms with Crippen LogP contribution in [0.1, 0.15) is 18.6 Å². The summed E-state index contributed by atoms with van der Waals surface area (Å²) in [6, 6.07) is 9.57. The summed E-state index contributed by atoms with van der Waals surface area (Å²) in [5, 5.41) is 14.2. The van der Waals surface area contributed by atoms with Gasteiger partial charge in [0.1, 0.15) is 17.2 Å². The Bertz CT molecular complexity index is 977. The van der Waals surface area contributed by atoms with Crippen LogP contribution < -0.4 is 5.32 Å². The molecule has 0 saturated carbocycles. The molecule has 8 nitrogen and oxygen atoms in total. The van der Waals surface area contributed by atoms with E-state index < -0.39 is 4.92 Å². The zero-order valence-electron chi connectivity index (χ0n) is 14.8. The van der Waals surface area contributed by atoms with Gasteiger partial charge in [0, 0.05) is 30.4 Å². The summed E-state index contributed by atoms with van der Waals surface area (Å²) < 4.78 is 11.3. The molecule has 28 heavy (non-hydrogen) atoms. The first-order valence-electron chi connectivity index (χ1n) is 8.82. The number of hydrogen-bond donors (Lipinski definition) is 1. The van der Waals surface area contributed by atoms with Crippen LogP contribution in [0.2, 0.25) is 0 Å². The number of nitro benzene ring substituents is 1. The summed E-state index contributed by atoms with van der Waals surface area (Å²) in [5.74, 6) is 0.688. The highest BCUT2D eigenvalue weighted by Crippen LogP contribution is 2.27. The molecule has 144 valence electrons. The number of carbonyl (C=O) groups is 1. The average Bonchev–Trinajstić information content (AvgIpc) is 3.41. The molecule has 9 heteroatoms. The van der Waals surface area contributed by atoms with Crippen LogP contribution in [0.3, 0.4) is 0 Å². The molecule has 1 amide bonds. The van der Waals surface area contributed by atoms with Crippen molar-refractivity contribution in [1.82, 2.24) is 10.2 Å². The van der Waals surface area contributed by atoms with Gasteiger partial charge in [-0.05, 0) is 37.2 Å². The van der Waals surface area contributed by atoms with Crippen molar-refractivity contribution < 1.29 is 18.9 Å². The van der Waals surface area contributed by atoms with E-state index in [0.29, 0.717) is 41.0 Å². The van der Waals surface area contributed by atoms with Crippen LogP contribution >= 0.6 is 12.2 Å². The van der Waals surface area contributed by atoms with E-state index in [4.69, 9.17) is 21.4 Å². The van der Waals surface area contributed by atoms with E-state index in [9.17, 15) is 14.9 Å². The van der Waals surface area contributed by atoms with Crippen LogP contribution in [-0.2, 0) is 9.53 Å². The lowest BCUT2D eigenvalue weighted by molar-refractivity contribution is -0.384. The van der Waals surface area contributed by atoms with E-state index >= 15 is 0 Å². The molecule has 0 bridgehead atoms. The molecule has 1 unspecified atom stereocenters. The summed E-state index contributed by atoms with van der Waals surface area (Å²) in [6.45, 7) is 1.14. The Labute approximate surface area is 165 Å². The molecule has 2 fully saturated rings. The molecule has 2 aromatic rings. The van der Waals surface area contributed by atoms with E-state index in [1.807, 2.05) is 0 Å². The number of hydrogen-bond acceptors (Lipinski definition) is 6. The zero-order chi connectivity index (χ0) is 19.7. The van der Waals surface area contributed by atoms with Crippen LogP contribution in [0, 0.1) is 10.1 Å². The minimum absolute atomic E-state index is 0.00661. The highest BCUT2D eigenvalue weighted by atomic mass is 32.1. The maximum Gasteiger partial charge on any atom is 0.276 e. The molecular formula is C19H17N3O5S. The van der Waals surface area contributed by atoms with Crippen LogP contribution in [0.15, 0.2) is 46.5 Å². The largest absolute Gasteiger partial charge is 0.457 e. The minimum Gasteiger partial charge on any atom is -0.457 e. The number of non-ortho nitro benzene ring substituents is 1. The molecule has 0 spiro atoms. The molecule has 0 aliphatic carbocycles. The Balaban J connectivity index is 1.52. The van der Waals surface area contributed by atoms with Crippen molar-refractivity contribution in [3.8, 4) is 11.3 Å². The molecule has 1 aromatic carbocycles. The summed E-state index contributed by atoms with van der Waals surface area (Å²) >= 11 is 5.27. The number of thiocarbonyl (C=S) groups is 1. The number of furan rings is 1. The Morgan fingerprint density at radius 1 is 1.36 bits per heavy atom. The second kappa shape index (κ2) is 7.53. The Hall–Kier alpha value is -3.04. The molecule has 1 aromatic heterocycles. The fourth-order valence-corrected chi connectivity index (χ4v) is 3.50. The van der Waals surface area contributed by atoms with Crippen molar-refractivity contribution in [2.24, 2.45) is 0 Å². The van der Waals surface area contributed by atoms with Crippen LogP contribution in [-0.4, -0.2) is 40.1 Å². The smallest absolute Gasteiger partial charge is 0.276 e. The van der Waals surface area contributed by atoms with Gasteiger partial charge < -0.3 is 14.5 Å². The van der Waals surface area contributed by atoms with Gasteiger partial charge in [-0.1, -0.05) is 12.1 Å². The molecule has 2 aliphatic heterocycles. The third-order valence-electron chi connectivity index (χ3n) is 4.63. The standard InChI is InChI=1S/C19H17N3O5S/c23-18-16(20-19(28)21(18)11-15-5-2-8-26-15)10-14-6-7-17(27-14)12-3-1-4-13(9-12)22(24)25/h1,3-4,6-7,9-10,15H,2,5,8,11H2,(H,20,28). The number of amides is 1. The van der Waals surface area contributed by atoms with E-state index in [2.05, 4.69) is 5.32 Å². The molecule has 3 heterocycles. The molecule has 2 aliphatic rings. The van der Waals surface area contributed by atoms with Gasteiger partial charge in [0.05, 0.1) is 17.6 Å². The Morgan fingerprint density at radius 3 is 2.96 bits per heavy atom. The first-order valence-corrected chi connectivity index (χ1v) is 9.23. The highest BCUT2D eigenvalue weighted by molar-refractivity contribution is 7.80. The fraction of sp³-hybridized carbons (Fsp3) is 0.263. The molecular weight excluding hydrogens is 382 g/mol. The zero-order valence-corrected chi connectivity index (χ0v) is 15.6. The Morgan fingerprint density at radius 2 is 2.21 bits per heavy atom. The molecule has 2 saturated heterocycles. The second-order valence-electron chi connectivity index (χ2n) is 6.55. The van der Waals surface area contributed by atoms with Gasteiger partial charge in [-0.15, -0.1) is 0 Å². The average molecular weight is 399 g/mol. The molecule has 4 rings (SSSR count). The second-order valence-corrected chi connectivity index (χ2v) is 6.94. The SMILES string of the molecule is O=C1C(=Cc2ccc(-c3cccc([N+](=O)[O-])c3)o2)NC(=S)N1CC1CCCO1.